The Morgan fingerprint density at radius 3 is 2.53 bits per heavy atom. The molecule has 0 fully saturated rings. The number of halogens is 5. The van der Waals surface area contributed by atoms with E-state index in [9.17, 15) is 13.2 Å². The third-order valence-electron chi connectivity index (χ3n) is 2.02. The quantitative estimate of drug-likeness (QED) is 0.690. The van der Waals surface area contributed by atoms with E-state index in [1.54, 1.807) is 6.07 Å². The standard InChI is InChI=1S/C10H4BrClF3NS/c11-8-7(16-9(12)17-8)5-2-1-3-6(4-5)10(13,14)15/h1-4H. The molecule has 2 rings (SSSR count). The van der Waals surface area contributed by atoms with Crippen molar-refractivity contribution in [3.05, 3.63) is 38.1 Å². The molecule has 1 aromatic carbocycles. The Hall–Kier alpha value is -0.590. The van der Waals surface area contributed by atoms with Crippen LogP contribution in [0.15, 0.2) is 28.1 Å². The number of benzene rings is 1. The lowest BCUT2D eigenvalue weighted by Crippen LogP contribution is -2.04. The van der Waals surface area contributed by atoms with Crippen molar-refractivity contribution >= 4 is 38.9 Å². The molecule has 0 aliphatic rings. The number of alkyl halides is 3. The number of hydrogen-bond donors (Lipinski definition) is 0. The van der Waals surface area contributed by atoms with E-state index in [4.69, 9.17) is 11.6 Å². The fraction of sp³-hybridized carbons (Fsp3) is 0.100. The largest absolute Gasteiger partial charge is 0.416 e. The predicted octanol–water partition coefficient (Wildman–Crippen LogP) is 5.24. The van der Waals surface area contributed by atoms with Gasteiger partial charge in [-0.1, -0.05) is 35.1 Å². The Bertz CT molecular complexity index is 553. The molecule has 0 radical (unpaired) electrons. The molecular weight excluding hydrogens is 339 g/mol. The molecule has 0 amide bonds. The number of nitrogens with zero attached hydrogens (tertiary/aromatic N) is 1. The number of aromatic nitrogens is 1. The van der Waals surface area contributed by atoms with Crippen LogP contribution in [0.5, 0.6) is 0 Å². The Labute approximate surface area is 112 Å². The lowest BCUT2D eigenvalue weighted by Gasteiger charge is -2.07. The van der Waals surface area contributed by atoms with Gasteiger partial charge in [0.1, 0.15) is 0 Å². The first kappa shape index (κ1) is 12.9. The van der Waals surface area contributed by atoms with Crippen molar-refractivity contribution < 1.29 is 13.2 Å². The SMILES string of the molecule is FC(F)(F)c1cccc(-c2nc(Cl)sc2Br)c1. The molecule has 17 heavy (non-hydrogen) atoms. The zero-order valence-corrected chi connectivity index (χ0v) is 11.2. The maximum absolute atomic E-state index is 12.5. The molecule has 0 aliphatic heterocycles. The van der Waals surface area contributed by atoms with Crippen LogP contribution in [0.3, 0.4) is 0 Å². The summed E-state index contributed by atoms with van der Waals surface area (Å²) in [4.78, 5) is 3.97. The maximum atomic E-state index is 12.5. The lowest BCUT2D eigenvalue weighted by molar-refractivity contribution is -0.137. The second-order valence-corrected chi connectivity index (χ2v) is 6.07. The summed E-state index contributed by atoms with van der Waals surface area (Å²) in [5.41, 5.74) is 0.104. The summed E-state index contributed by atoms with van der Waals surface area (Å²) in [6, 6.07) is 4.98. The van der Waals surface area contributed by atoms with Crippen LogP contribution in [-0.4, -0.2) is 4.98 Å². The van der Waals surface area contributed by atoms with Crippen LogP contribution in [0.2, 0.25) is 4.47 Å². The molecule has 7 heteroatoms. The van der Waals surface area contributed by atoms with Gasteiger partial charge < -0.3 is 0 Å². The van der Waals surface area contributed by atoms with Crippen molar-refractivity contribution in [1.29, 1.82) is 0 Å². The molecule has 1 nitrogen and oxygen atoms in total. The van der Waals surface area contributed by atoms with Crippen LogP contribution in [0.1, 0.15) is 5.56 Å². The van der Waals surface area contributed by atoms with Gasteiger partial charge in [0.25, 0.3) is 0 Å². The second kappa shape index (κ2) is 4.59. The zero-order chi connectivity index (χ0) is 12.6. The van der Waals surface area contributed by atoms with E-state index in [0.717, 1.165) is 12.1 Å². The Kier molecular flexibility index (Phi) is 3.47. The van der Waals surface area contributed by atoms with Crippen molar-refractivity contribution in [2.45, 2.75) is 6.18 Å². The summed E-state index contributed by atoms with van der Waals surface area (Å²) in [5, 5.41) is 0. The van der Waals surface area contributed by atoms with Crippen molar-refractivity contribution in [3.8, 4) is 11.3 Å². The minimum atomic E-state index is -4.36. The molecule has 1 heterocycles. The molecule has 90 valence electrons. The molecule has 0 aliphatic carbocycles. The maximum Gasteiger partial charge on any atom is 0.416 e. The summed E-state index contributed by atoms with van der Waals surface area (Å²) in [6.07, 6.45) is -4.36. The van der Waals surface area contributed by atoms with Gasteiger partial charge in [-0.05, 0) is 28.1 Å². The predicted molar refractivity (Wildman–Crippen MR) is 65.3 cm³/mol. The zero-order valence-electron chi connectivity index (χ0n) is 8.05. The molecule has 0 atom stereocenters. The van der Waals surface area contributed by atoms with Crippen molar-refractivity contribution in [2.24, 2.45) is 0 Å². The Balaban J connectivity index is 2.50. The monoisotopic (exact) mass is 341 g/mol. The third kappa shape index (κ3) is 2.81. The van der Waals surface area contributed by atoms with Gasteiger partial charge in [-0.2, -0.15) is 13.2 Å². The Morgan fingerprint density at radius 2 is 2.00 bits per heavy atom. The van der Waals surface area contributed by atoms with Gasteiger partial charge in [0.05, 0.1) is 15.0 Å². The van der Waals surface area contributed by atoms with Crippen LogP contribution >= 0.6 is 38.9 Å². The van der Waals surface area contributed by atoms with Crippen molar-refractivity contribution in [3.63, 3.8) is 0 Å². The smallest absolute Gasteiger partial charge is 0.224 e. The van der Waals surface area contributed by atoms with Crippen LogP contribution in [0.4, 0.5) is 13.2 Å². The van der Waals surface area contributed by atoms with E-state index < -0.39 is 11.7 Å². The third-order valence-corrected chi connectivity index (χ3v) is 3.83. The van der Waals surface area contributed by atoms with Crippen LogP contribution in [0.25, 0.3) is 11.3 Å². The van der Waals surface area contributed by atoms with E-state index in [2.05, 4.69) is 20.9 Å². The van der Waals surface area contributed by atoms with Gasteiger partial charge in [-0.15, -0.1) is 0 Å². The first-order valence-corrected chi connectivity index (χ1v) is 6.36. The molecule has 0 bridgehead atoms. The van der Waals surface area contributed by atoms with Crippen LogP contribution in [0, 0.1) is 0 Å². The number of hydrogen-bond acceptors (Lipinski definition) is 2. The molecule has 0 saturated carbocycles. The number of thiazole rings is 1. The summed E-state index contributed by atoms with van der Waals surface area (Å²) in [5.74, 6) is 0. The van der Waals surface area contributed by atoms with Crippen LogP contribution in [-0.2, 0) is 6.18 Å². The molecule has 0 N–H and O–H groups in total. The van der Waals surface area contributed by atoms with E-state index in [-0.39, 0.29) is 4.47 Å². The molecular formula is C10H4BrClF3NS. The van der Waals surface area contributed by atoms with Crippen molar-refractivity contribution in [2.75, 3.05) is 0 Å². The van der Waals surface area contributed by atoms with Gasteiger partial charge in [0.15, 0.2) is 4.47 Å². The van der Waals surface area contributed by atoms with Crippen LogP contribution < -0.4 is 0 Å². The first-order chi connectivity index (χ1) is 7.88. The highest BCUT2D eigenvalue weighted by Crippen LogP contribution is 2.37. The average molecular weight is 343 g/mol. The lowest BCUT2D eigenvalue weighted by atomic mass is 10.1. The highest BCUT2D eigenvalue weighted by Gasteiger charge is 2.30. The van der Waals surface area contributed by atoms with E-state index in [1.165, 1.54) is 17.4 Å². The molecule has 0 saturated heterocycles. The summed E-state index contributed by atoms with van der Waals surface area (Å²) >= 11 is 10.1. The summed E-state index contributed by atoms with van der Waals surface area (Å²) in [6.45, 7) is 0. The highest BCUT2D eigenvalue weighted by molar-refractivity contribution is 9.11. The van der Waals surface area contributed by atoms with Crippen molar-refractivity contribution in [1.82, 2.24) is 4.98 Å². The summed E-state index contributed by atoms with van der Waals surface area (Å²) < 4.78 is 38.5. The molecule has 1 aromatic heterocycles. The fourth-order valence-corrected chi connectivity index (χ4v) is 3.22. The molecule has 0 unspecified atom stereocenters. The average Bonchev–Trinajstić information content (AvgIpc) is 2.57. The van der Waals surface area contributed by atoms with E-state index in [1.807, 2.05) is 0 Å². The van der Waals surface area contributed by atoms with E-state index >= 15 is 0 Å². The topological polar surface area (TPSA) is 12.9 Å². The Morgan fingerprint density at radius 1 is 1.29 bits per heavy atom. The number of rotatable bonds is 1. The van der Waals surface area contributed by atoms with E-state index in [0.29, 0.717) is 15.0 Å². The van der Waals surface area contributed by atoms with Gasteiger partial charge >= 0.3 is 6.18 Å². The van der Waals surface area contributed by atoms with Gasteiger partial charge in [-0.25, -0.2) is 4.98 Å². The fourth-order valence-electron chi connectivity index (χ4n) is 1.30. The normalized spacial score (nSPS) is 11.8. The molecule has 2 aromatic rings. The minimum absolute atomic E-state index is 0.282. The van der Waals surface area contributed by atoms with Gasteiger partial charge in [0, 0.05) is 5.56 Å². The molecule has 0 spiro atoms. The first-order valence-electron chi connectivity index (χ1n) is 4.37. The van der Waals surface area contributed by atoms with Gasteiger partial charge in [0.2, 0.25) is 0 Å². The highest BCUT2D eigenvalue weighted by atomic mass is 79.9. The minimum Gasteiger partial charge on any atom is -0.224 e. The van der Waals surface area contributed by atoms with Gasteiger partial charge in [-0.3, -0.25) is 0 Å². The summed E-state index contributed by atoms with van der Waals surface area (Å²) in [7, 11) is 0. The second-order valence-electron chi connectivity index (χ2n) is 3.17.